The van der Waals surface area contributed by atoms with Gasteiger partial charge in [-0.2, -0.15) is 0 Å². The van der Waals surface area contributed by atoms with Gasteiger partial charge in [-0.25, -0.2) is 4.39 Å². The molecule has 2 rings (SSSR count). The van der Waals surface area contributed by atoms with Gasteiger partial charge in [-0.3, -0.25) is 4.79 Å². The molecule has 0 bridgehead atoms. The Kier molecular flexibility index (Phi) is 3.56. The van der Waals surface area contributed by atoms with Gasteiger partial charge in [0.05, 0.1) is 5.56 Å². The topological polar surface area (TPSA) is 17.1 Å². The summed E-state index contributed by atoms with van der Waals surface area (Å²) in [5.41, 5.74) is 3.42. The molecule has 0 atom stereocenters. The second-order valence-corrected chi connectivity index (χ2v) is 4.50. The first-order valence-corrected chi connectivity index (χ1v) is 5.92. The van der Waals surface area contributed by atoms with Gasteiger partial charge in [0.1, 0.15) is 5.82 Å². The van der Waals surface area contributed by atoms with E-state index in [0.29, 0.717) is 0 Å². The molecular weight excluding hydrogens is 227 g/mol. The van der Waals surface area contributed by atoms with E-state index in [1.807, 2.05) is 32.0 Å². The van der Waals surface area contributed by atoms with Crippen LogP contribution in [0.4, 0.5) is 4.39 Å². The van der Waals surface area contributed by atoms with Gasteiger partial charge in [0.2, 0.25) is 0 Å². The fourth-order valence-electron chi connectivity index (χ4n) is 1.88. The van der Waals surface area contributed by atoms with Crippen molar-refractivity contribution in [2.45, 2.75) is 20.3 Å². The smallest absolute Gasteiger partial charge is 0.170 e. The Labute approximate surface area is 106 Å². The molecule has 18 heavy (non-hydrogen) atoms. The Morgan fingerprint density at radius 2 is 1.78 bits per heavy atom. The predicted octanol–water partition coefficient (Wildman–Crippen LogP) is 3.87. The van der Waals surface area contributed by atoms with E-state index in [1.54, 1.807) is 12.1 Å². The molecule has 1 nitrogen and oxygen atoms in total. The summed E-state index contributed by atoms with van der Waals surface area (Å²) in [5, 5.41) is 0. The van der Waals surface area contributed by atoms with Gasteiger partial charge in [0.25, 0.3) is 0 Å². The fourth-order valence-corrected chi connectivity index (χ4v) is 1.88. The maximum atomic E-state index is 13.5. The molecule has 0 radical (unpaired) electrons. The van der Waals surface area contributed by atoms with Crippen LogP contribution in [-0.2, 0) is 6.42 Å². The normalized spacial score (nSPS) is 10.4. The number of carbonyl (C=O) groups excluding carboxylic acids is 1. The Hall–Kier alpha value is -1.96. The molecule has 2 aromatic rings. The number of hydrogen-bond acceptors (Lipinski definition) is 1. The zero-order chi connectivity index (χ0) is 13.1. The number of carbonyl (C=O) groups is 1. The largest absolute Gasteiger partial charge is 0.294 e. The third-order valence-corrected chi connectivity index (χ3v) is 3.11. The number of rotatable bonds is 3. The van der Waals surface area contributed by atoms with Crippen molar-refractivity contribution in [3.8, 4) is 0 Å². The average Bonchev–Trinajstić information content (AvgIpc) is 2.34. The Bertz CT molecular complexity index is 587. The van der Waals surface area contributed by atoms with Crippen molar-refractivity contribution in [1.82, 2.24) is 0 Å². The predicted molar refractivity (Wildman–Crippen MR) is 70.4 cm³/mol. The van der Waals surface area contributed by atoms with Gasteiger partial charge >= 0.3 is 0 Å². The highest BCUT2D eigenvalue weighted by Crippen LogP contribution is 2.14. The lowest BCUT2D eigenvalue weighted by molar-refractivity contribution is 0.0989. The van der Waals surface area contributed by atoms with Gasteiger partial charge in [-0.05, 0) is 42.7 Å². The fraction of sp³-hybridized carbons (Fsp3) is 0.188. The first kappa shape index (κ1) is 12.5. The van der Waals surface area contributed by atoms with E-state index in [-0.39, 0.29) is 17.8 Å². The summed E-state index contributed by atoms with van der Waals surface area (Å²) in [6, 6.07) is 12.0. The highest BCUT2D eigenvalue weighted by molar-refractivity contribution is 5.97. The van der Waals surface area contributed by atoms with E-state index in [2.05, 4.69) is 0 Å². The lowest BCUT2D eigenvalue weighted by Gasteiger charge is -2.05. The van der Waals surface area contributed by atoms with E-state index < -0.39 is 5.82 Å². The summed E-state index contributed by atoms with van der Waals surface area (Å²) >= 11 is 0. The molecule has 2 heteroatoms. The van der Waals surface area contributed by atoms with Gasteiger partial charge in [-0.1, -0.05) is 30.3 Å². The van der Waals surface area contributed by atoms with E-state index >= 15 is 0 Å². The lowest BCUT2D eigenvalue weighted by Crippen LogP contribution is -2.06. The van der Waals surface area contributed by atoms with Crippen LogP contribution >= 0.6 is 0 Å². The van der Waals surface area contributed by atoms with Crippen LogP contribution in [0.15, 0.2) is 42.5 Å². The van der Waals surface area contributed by atoms with Crippen molar-refractivity contribution >= 4 is 5.78 Å². The molecule has 0 aliphatic rings. The van der Waals surface area contributed by atoms with Crippen LogP contribution in [0.1, 0.15) is 27.0 Å². The second kappa shape index (κ2) is 5.13. The van der Waals surface area contributed by atoms with Crippen molar-refractivity contribution in [2.75, 3.05) is 0 Å². The molecule has 92 valence electrons. The van der Waals surface area contributed by atoms with Crippen LogP contribution in [0.25, 0.3) is 0 Å². The maximum absolute atomic E-state index is 13.5. The molecular formula is C16H15FO. The van der Waals surface area contributed by atoms with Crippen molar-refractivity contribution in [1.29, 1.82) is 0 Å². The standard InChI is InChI=1S/C16H15FO/c1-11-7-8-13(9-12(11)2)10-16(18)14-5-3-4-6-15(14)17/h3-9H,10H2,1-2H3. The molecule has 0 aromatic heterocycles. The number of hydrogen-bond donors (Lipinski definition) is 0. The first-order chi connectivity index (χ1) is 8.58. The van der Waals surface area contributed by atoms with Crippen molar-refractivity contribution < 1.29 is 9.18 Å². The molecule has 0 saturated carbocycles. The number of ketones is 1. The van der Waals surface area contributed by atoms with Gasteiger partial charge in [0, 0.05) is 6.42 Å². The quantitative estimate of drug-likeness (QED) is 0.747. The third-order valence-electron chi connectivity index (χ3n) is 3.11. The SMILES string of the molecule is Cc1ccc(CC(=O)c2ccccc2F)cc1C. The highest BCUT2D eigenvalue weighted by atomic mass is 19.1. The van der Waals surface area contributed by atoms with Crippen LogP contribution in [0.5, 0.6) is 0 Å². The summed E-state index contributed by atoms with van der Waals surface area (Å²) in [6.45, 7) is 4.03. The zero-order valence-electron chi connectivity index (χ0n) is 10.5. The van der Waals surface area contributed by atoms with Crippen molar-refractivity contribution in [2.24, 2.45) is 0 Å². The first-order valence-electron chi connectivity index (χ1n) is 5.92. The van der Waals surface area contributed by atoms with Crippen LogP contribution in [0, 0.1) is 19.7 Å². The zero-order valence-corrected chi connectivity index (χ0v) is 10.5. The molecule has 0 saturated heterocycles. The highest BCUT2D eigenvalue weighted by Gasteiger charge is 2.11. The summed E-state index contributed by atoms with van der Waals surface area (Å²) in [6.07, 6.45) is 0.238. The minimum absolute atomic E-state index is 0.163. The van der Waals surface area contributed by atoms with Crippen molar-refractivity contribution in [3.05, 3.63) is 70.5 Å². The third kappa shape index (κ3) is 2.65. The monoisotopic (exact) mass is 242 g/mol. The molecule has 0 N–H and O–H groups in total. The van der Waals surface area contributed by atoms with Crippen LogP contribution in [0.2, 0.25) is 0 Å². The van der Waals surface area contributed by atoms with Gasteiger partial charge in [-0.15, -0.1) is 0 Å². The molecule has 0 heterocycles. The molecule has 2 aromatic carbocycles. The molecule has 0 unspecified atom stereocenters. The minimum atomic E-state index is -0.452. The van der Waals surface area contributed by atoms with E-state index in [4.69, 9.17) is 0 Å². The van der Waals surface area contributed by atoms with Gasteiger partial charge in [0.15, 0.2) is 5.78 Å². The Morgan fingerprint density at radius 3 is 2.44 bits per heavy atom. The maximum Gasteiger partial charge on any atom is 0.170 e. The summed E-state index contributed by atoms with van der Waals surface area (Å²) < 4.78 is 13.5. The molecule has 0 aliphatic carbocycles. The second-order valence-electron chi connectivity index (χ2n) is 4.50. The summed E-state index contributed by atoms with van der Waals surface area (Å²) in [5.74, 6) is -0.636. The molecule has 0 aliphatic heterocycles. The van der Waals surface area contributed by atoms with E-state index in [9.17, 15) is 9.18 Å². The Balaban J connectivity index is 2.22. The number of benzene rings is 2. The average molecular weight is 242 g/mol. The summed E-state index contributed by atoms with van der Waals surface area (Å²) in [7, 11) is 0. The van der Waals surface area contributed by atoms with Crippen LogP contribution < -0.4 is 0 Å². The molecule has 0 amide bonds. The van der Waals surface area contributed by atoms with Gasteiger partial charge < -0.3 is 0 Å². The summed E-state index contributed by atoms with van der Waals surface area (Å²) in [4.78, 5) is 12.0. The van der Waals surface area contributed by atoms with E-state index in [0.717, 1.165) is 11.1 Å². The van der Waals surface area contributed by atoms with Crippen LogP contribution in [0.3, 0.4) is 0 Å². The lowest BCUT2D eigenvalue weighted by atomic mass is 9.99. The Morgan fingerprint density at radius 1 is 1.06 bits per heavy atom. The number of Topliss-reactive ketones (excluding diaryl/α,β-unsaturated/α-hetero) is 1. The number of aryl methyl sites for hydroxylation is 2. The van der Waals surface area contributed by atoms with Crippen LogP contribution in [-0.4, -0.2) is 5.78 Å². The number of halogens is 1. The van der Waals surface area contributed by atoms with Crippen molar-refractivity contribution in [3.63, 3.8) is 0 Å². The molecule has 0 spiro atoms. The van der Waals surface area contributed by atoms with E-state index in [1.165, 1.54) is 17.7 Å². The molecule has 0 fully saturated rings. The minimum Gasteiger partial charge on any atom is -0.294 e.